The summed E-state index contributed by atoms with van der Waals surface area (Å²) in [6.07, 6.45) is 0.202. The van der Waals surface area contributed by atoms with Gasteiger partial charge in [0.15, 0.2) is 9.84 Å². The maximum Gasteiger partial charge on any atom is 0.188 e. The van der Waals surface area contributed by atoms with Crippen molar-refractivity contribution in [1.82, 2.24) is 0 Å². The molecular weight excluding hydrogens is 272 g/mol. The zero-order chi connectivity index (χ0) is 14.6. The molecule has 0 aliphatic carbocycles. The van der Waals surface area contributed by atoms with E-state index < -0.39 is 15.1 Å². The van der Waals surface area contributed by atoms with Gasteiger partial charge in [0.1, 0.15) is 11.0 Å². The predicted molar refractivity (Wildman–Crippen MR) is 78.2 cm³/mol. The molecule has 0 aliphatic heterocycles. The monoisotopic (exact) mass is 288 g/mol. The Bertz CT molecular complexity index is 676. The second-order valence-corrected chi connectivity index (χ2v) is 6.78. The van der Waals surface area contributed by atoms with Gasteiger partial charge >= 0.3 is 0 Å². The van der Waals surface area contributed by atoms with E-state index in [4.69, 9.17) is 0 Å². The highest BCUT2D eigenvalue weighted by molar-refractivity contribution is 7.92. The molecule has 0 bridgehead atoms. The standard InChI is InChI=1S/C16H16O3S/c1-13(17)16(12-14-8-4-2-5-9-14)20(18,19)15-10-6-3-7-11-15/h2-11,16H,12H2,1H3. The van der Waals surface area contributed by atoms with E-state index in [1.807, 2.05) is 30.3 Å². The summed E-state index contributed by atoms with van der Waals surface area (Å²) in [7, 11) is -3.65. The van der Waals surface area contributed by atoms with Gasteiger partial charge in [-0.15, -0.1) is 0 Å². The van der Waals surface area contributed by atoms with Crippen LogP contribution in [0.3, 0.4) is 0 Å². The minimum atomic E-state index is -3.65. The Morgan fingerprint density at radius 2 is 1.45 bits per heavy atom. The summed E-state index contributed by atoms with van der Waals surface area (Å²) < 4.78 is 25.1. The average Bonchev–Trinajstić information content (AvgIpc) is 2.46. The number of benzene rings is 2. The van der Waals surface area contributed by atoms with Crippen LogP contribution in [0, 0.1) is 0 Å². The normalized spacial score (nSPS) is 12.8. The first-order valence-electron chi connectivity index (χ1n) is 6.35. The SMILES string of the molecule is CC(=O)C(Cc1ccccc1)S(=O)(=O)c1ccccc1. The van der Waals surface area contributed by atoms with Crippen molar-refractivity contribution in [2.75, 3.05) is 0 Å². The van der Waals surface area contributed by atoms with Gasteiger partial charge in [-0.25, -0.2) is 8.42 Å². The van der Waals surface area contributed by atoms with Gasteiger partial charge in [0.25, 0.3) is 0 Å². The lowest BCUT2D eigenvalue weighted by molar-refractivity contribution is -0.116. The summed E-state index contributed by atoms with van der Waals surface area (Å²) in [5, 5.41) is -1.03. The maximum absolute atomic E-state index is 12.6. The molecule has 2 rings (SSSR count). The highest BCUT2D eigenvalue weighted by atomic mass is 32.2. The van der Waals surface area contributed by atoms with Crippen LogP contribution in [0.4, 0.5) is 0 Å². The lowest BCUT2D eigenvalue weighted by Gasteiger charge is -2.15. The minimum Gasteiger partial charge on any atom is -0.299 e. The van der Waals surface area contributed by atoms with Crippen LogP contribution in [-0.2, 0) is 21.1 Å². The second kappa shape index (κ2) is 6.01. The number of carbonyl (C=O) groups is 1. The number of Topliss-reactive ketones (excluding diaryl/α,β-unsaturated/α-hetero) is 1. The van der Waals surface area contributed by atoms with Crippen LogP contribution in [0.25, 0.3) is 0 Å². The predicted octanol–water partition coefficient (Wildman–Crippen LogP) is 2.66. The number of ketones is 1. The molecule has 104 valence electrons. The molecule has 4 heteroatoms. The molecule has 0 radical (unpaired) electrons. The maximum atomic E-state index is 12.6. The number of rotatable bonds is 5. The first kappa shape index (κ1) is 14.5. The average molecular weight is 288 g/mol. The van der Waals surface area contributed by atoms with Crippen LogP contribution < -0.4 is 0 Å². The molecule has 0 N–H and O–H groups in total. The van der Waals surface area contributed by atoms with Crippen LogP contribution in [0.2, 0.25) is 0 Å². The molecule has 20 heavy (non-hydrogen) atoms. The minimum absolute atomic E-state index is 0.191. The third-order valence-electron chi connectivity index (χ3n) is 3.16. The van der Waals surface area contributed by atoms with E-state index >= 15 is 0 Å². The van der Waals surface area contributed by atoms with Gasteiger partial charge in [-0.1, -0.05) is 48.5 Å². The molecule has 2 aromatic carbocycles. The summed E-state index contributed by atoms with van der Waals surface area (Å²) >= 11 is 0. The molecule has 1 unspecified atom stereocenters. The van der Waals surface area contributed by atoms with E-state index in [-0.39, 0.29) is 17.1 Å². The number of hydrogen-bond acceptors (Lipinski definition) is 3. The number of carbonyl (C=O) groups excluding carboxylic acids is 1. The molecule has 0 heterocycles. The molecule has 2 aromatic rings. The Morgan fingerprint density at radius 1 is 0.950 bits per heavy atom. The molecular formula is C16H16O3S. The van der Waals surface area contributed by atoms with E-state index in [0.29, 0.717) is 0 Å². The molecule has 0 spiro atoms. The zero-order valence-corrected chi connectivity index (χ0v) is 12.0. The van der Waals surface area contributed by atoms with E-state index in [0.717, 1.165) is 5.56 Å². The van der Waals surface area contributed by atoms with Crippen molar-refractivity contribution >= 4 is 15.6 Å². The molecule has 0 saturated carbocycles. The van der Waals surface area contributed by atoms with Gasteiger partial charge in [-0.3, -0.25) is 4.79 Å². The molecule has 0 amide bonds. The first-order valence-corrected chi connectivity index (χ1v) is 7.90. The Balaban J connectivity index is 2.37. The smallest absolute Gasteiger partial charge is 0.188 e. The Morgan fingerprint density at radius 3 is 1.95 bits per heavy atom. The van der Waals surface area contributed by atoms with Gasteiger partial charge in [-0.2, -0.15) is 0 Å². The van der Waals surface area contributed by atoms with Crippen LogP contribution in [0.1, 0.15) is 12.5 Å². The topological polar surface area (TPSA) is 51.2 Å². The van der Waals surface area contributed by atoms with Crippen LogP contribution in [-0.4, -0.2) is 19.5 Å². The van der Waals surface area contributed by atoms with Gasteiger partial charge in [0, 0.05) is 0 Å². The van der Waals surface area contributed by atoms with E-state index in [2.05, 4.69) is 0 Å². The van der Waals surface area contributed by atoms with Crippen LogP contribution in [0.15, 0.2) is 65.6 Å². The van der Waals surface area contributed by atoms with Gasteiger partial charge in [0.05, 0.1) is 4.90 Å². The molecule has 0 saturated heterocycles. The van der Waals surface area contributed by atoms with Crippen molar-refractivity contribution < 1.29 is 13.2 Å². The molecule has 1 atom stereocenters. The van der Waals surface area contributed by atoms with Crippen LogP contribution in [0.5, 0.6) is 0 Å². The molecule has 0 aromatic heterocycles. The fourth-order valence-corrected chi connectivity index (χ4v) is 3.79. The van der Waals surface area contributed by atoms with E-state index in [9.17, 15) is 13.2 Å². The largest absolute Gasteiger partial charge is 0.299 e. The summed E-state index contributed by atoms with van der Waals surface area (Å²) in [6.45, 7) is 1.33. The summed E-state index contributed by atoms with van der Waals surface area (Å²) in [4.78, 5) is 12.0. The highest BCUT2D eigenvalue weighted by Crippen LogP contribution is 2.20. The Hall–Kier alpha value is -1.94. The van der Waals surface area contributed by atoms with Crippen molar-refractivity contribution in [3.8, 4) is 0 Å². The number of hydrogen-bond donors (Lipinski definition) is 0. The summed E-state index contributed by atoms with van der Waals surface area (Å²) in [6, 6.07) is 17.3. The fraction of sp³-hybridized carbons (Fsp3) is 0.188. The lowest BCUT2D eigenvalue weighted by atomic mass is 10.1. The van der Waals surface area contributed by atoms with Crippen molar-refractivity contribution in [3.05, 3.63) is 66.2 Å². The quantitative estimate of drug-likeness (QED) is 0.850. The zero-order valence-electron chi connectivity index (χ0n) is 11.2. The van der Waals surface area contributed by atoms with Crippen LogP contribution >= 0.6 is 0 Å². The van der Waals surface area contributed by atoms with E-state index in [1.165, 1.54) is 19.1 Å². The van der Waals surface area contributed by atoms with Gasteiger partial charge in [0.2, 0.25) is 0 Å². The highest BCUT2D eigenvalue weighted by Gasteiger charge is 2.31. The van der Waals surface area contributed by atoms with Crippen molar-refractivity contribution in [2.45, 2.75) is 23.5 Å². The lowest BCUT2D eigenvalue weighted by Crippen LogP contribution is -2.30. The molecule has 0 fully saturated rings. The second-order valence-electron chi connectivity index (χ2n) is 4.65. The van der Waals surface area contributed by atoms with Crippen molar-refractivity contribution in [1.29, 1.82) is 0 Å². The third kappa shape index (κ3) is 3.14. The third-order valence-corrected chi connectivity index (χ3v) is 5.34. The molecule has 3 nitrogen and oxygen atoms in total. The van der Waals surface area contributed by atoms with Crippen molar-refractivity contribution in [3.63, 3.8) is 0 Å². The summed E-state index contributed by atoms with van der Waals surface area (Å²) in [5.74, 6) is -0.335. The Labute approximate surface area is 119 Å². The first-order chi connectivity index (χ1) is 9.51. The molecule has 0 aliphatic rings. The summed E-state index contributed by atoms with van der Waals surface area (Å²) in [5.41, 5.74) is 0.840. The van der Waals surface area contributed by atoms with E-state index in [1.54, 1.807) is 18.2 Å². The van der Waals surface area contributed by atoms with Gasteiger partial charge < -0.3 is 0 Å². The Kier molecular flexibility index (Phi) is 4.35. The fourth-order valence-electron chi connectivity index (χ4n) is 2.07. The van der Waals surface area contributed by atoms with Crippen molar-refractivity contribution in [2.24, 2.45) is 0 Å². The van der Waals surface area contributed by atoms with Gasteiger partial charge in [-0.05, 0) is 31.0 Å². The number of sulfone groups is 1.